The average molecular weight is 741 g/mol. The molecule has 0 unspecified atom stereocenters. The van der Waals surface area contributed by atoms with Gasteiger partial charge >= 0.3 is 12.1 Å². The van der Waals surface area contributed by atoms with Crippen molar-refractivity contribution in [1.82, 2.24) is 20.1 Å². The number of H-pyrrole nitrogens is 1. The predicted molar refractivity (Wildman–Crippen MR) is 177 cm³/mol. The molecule has 0 aliphatic carbocycles. The molecule has 0 atom stereocenters. The summed E-state index contributed by atoms with van der Waals surface area (Å²) in [6.07, 6.45) is -4.97. The van der Waals surface area contributed by atoms with Gasteiger partial charge in [0.05, 0.1) is 26.7 Å². The Morgan fingerprint density at radius 3 is 2.43 bits per heavy atom. The number of fused-ring (bicyclic) bond motifs is 1. The van der Waals surface area contributed by atoms with Gasteiger partial charge < -0.3 is 24.8 Å². The number of aromatic amines is 1. The van der Waals surface area contributed by atoms with E-state index in [0.29, 0.717) is 36.8 Å². The second kappa shape index (κ2) is 13.7. The number of ether oxygens (including phenoxy) is 1. The van der Waals surface area contributed by atoms with Gasteiger partial charge in [-0.1, -0.05) is 23.2 Å². The van der Waals surface area contributed by atoms with E-state index in [0.717, 1.165) is 0 Å². The lowest BCUT2D eigenvalue weighted by Gasteiger charge is -2.37. The number of halogens is 5. The molecule has 0 radical (unpaired) electrons. The Morgan fingerprint density at radius 1 is 1.02 bits per heavy atom. The number of hydrogen-bond donors (Lipinski definition) is 2. The molecule has 0 spiro atoms. The van der Waals surface area contributed by atoms with Gasteiger partial charge in [-0.25, -0.2) is 13.4 Å². The number of hydrogen-bond acceptors (Lipinski definition) is 9. The van der Waals surface area contributed by atoms with Gasteiger partial charge in [-0.3, -0.25) is 14.7 Å². The third kappa shape index (κ3) is 7.19. The molecule has 2 fully saturated rings. The SMILES string of the molecule is CN1CCN(c2ccc(C(=O)Nc3n[nH]c4ccc(S(=O)(=O)c5cc(Cl)ccc5Cl)nc34)c(N(C(=O)C(F)(F)F)C3CCOCC3)c2)CC1. The highest BCUT2D eigenvalue weighted by Crippen LogP contribution is 2.36. The van der Waals surface area contributed by atoms with Crippen LogP contribution in [0.3, 0.4) is 0 Å². The zero-order chi connectivity index (χ0) is 35.1. The number of carbonyl (C=O) groups excluding carboxylic acids is 2. The molecule has 2 aliphatic rings. The number of carbonyl (C=O) groups is 2. The molecular formula is C31H30Cl2F3N7O5S. The zero-order valence-electron chi connectivity index (χ0n) is 25.9. The number of rotatable bonds is 7. The first-order valence-electron chi connectivity index (χ1n) is 15.2. The summed E-state index contributed by atoms with van der Waals surface area (Å²) >= 11 is 12.2. The number of nitrogens with one attached hydrogen (secondary N) is 2. The van der Waals surface area contributed by atoms with Gasteiger partial charge in [-0.05, 0) is 68.4 Å². The monoisotopic (exact) mass is 739 g/mol. The molecule has 2 aromatic heterocycles. The summed E-state index contributed by atoms with van der Waals surface area (Å²) < 4.78 is 74.6. The van der Waals surface area contributed by atoms with Crippen LogP contribution in [0.5, 0.6) is 0 Å². The van der Waals surface area contributed by atoms with Crippen molar-refractivity contribution < 1.29 is 35.9 Å². The maximum Gasteiger partial charge on any atom is 0.471 e. The van der Waals surface area contributed by atoms with E-state index in [1.807, 2.05) is 11.9 Å². The molecule has 2 N–H and O–H groups in total. The van der Waals surface area contributed by atoms with Crippen LogP contribution in [-0.2, 0) is 19.4 Å². The Kier molecular flexibility index (Phi) is 9.79. The van der Waals surface area contributed by atoms with E-state index in [1.54, 1.807) is 6.07 Å². The van der Waals surface area contributed by atoms with Crippen LogP contribution < -0.4 is 15.1 Å². The second-order valence-corrected chi connectivity index (χ2v) is 14.4. The van der Waals surface area contributed by atoms with E-state index in [1.165, 1.54) is 42.5 Å². The minimum Gasteiger partial charge on any atom is -0.381 e. The number of likely N-dealkylation sites (N-methyl/N-ethyl adjacent to an activating group) is 1. The van der Waals surface area contributed by atoms with Crippen molar-refractivity contribution in [2.75, 3.05) is 61.6 Å². The van der Waals surface area contributed by atoms with Crippen LogP contribution in [0.4, 0.5) is 30.4 Å². The molecule has 4 aromatic rings. The largest absolute Gasteiger partial charge is 0.471 e. The topological polar surface area (TPSA) is 141 Å². The van der Waals surface area contributed by atoms with Crippen LogP contribution in [0.1, 0.15) is 23.2 Å². The van der Waals surface area contributed by atoms with Crippen molar-refractivity contribution >= 4 is 73.1 Å². The van der Waals surface area contributed by atoms with Crippen molar-refractivity contribution in [3.8, 4) is 0 Å². The number of anilines is 3. The van der Waals surface area contributed by atoms with Crippen LogP contribution in [0.2, 0.25) is 10.0 Å². The van der Waals surface area contributed by atoms with Gasteiger partial charge in [0, 0.05) is 56.1 Å². The predicted octanol–water partition coefficient (Wildman–Crippen LogP) is 5.18. The first-order valence-corrected chi connectivity index (χ1v) is 17.4. The minimum atomic E-state index is -5.23. The lowest BCUT2D eigenvalue weighted by Crippen LogP contribution is -2.50. The van der Waals surface area contributed by atoms with Crippen molar-refractivity contribution in [1.29, 1.82) is 0 Å². The molecule has 260 valence electrons. The normalized spacial score (nSPS) is 16.6. The number of alkyl halides is 3. The molecule has 49 heavy (non-hydrogen) atoms. The van der Waals surface area contributed by atoms with Gasteiger partial charge in [0.25, 0.3) is 5.91 Å². The van der Waals surface area contributed by atoms with Crippen LogP contribution in [0, 0.1) is 0 Å². The molecule has 2 aromatic carbocycles. The molecule has 4 heterocycles. The third-order valence-electron chi connectivity index (χ3n) is 8.44. The first kappa shape index (κ1) is 34.9. The summed E-state index contributed by atoms with van der Waals surface area (Å²) in [6.45, 7) is 2.88. The molecule has 18 heteroatoms. The quantitative estimate of drug-likeness (QED) is 0.263. The van der Waals surface area contributed by atoms with Crippen LogP contribution in [0.25, 0.3) is 11.0 Å². The van der Waals surface area contributed by atoms with E-state index in [4.69, 9.17) is 27.9 Å². The number of benzene rings is 2. The molecule has 2 amide bonds. The lowest BCUT2D eigenvalue weighted by atomic mass is 10.0. The summed E-state index contributed by atoms with van der Waals surface area (Å²) in [4.78, 5) is 35.7. The van der Waals surface area contributed by atoms with Gasteiger partial charge in [-0.15, -0.1) is 0 Å². The lowest BCUT2D eigenvalue weighted by molar-refractivity contribution is -0.171. The van der Waals surface area contributed by atoms with Crippen LogP contribution in [-0.4, -0.2) is 99.0 Å². The Labute approximate surface area is 289 Å². The fourth-order valence-electron chi connectivity index (χ4n) is 5.81. The first-order chi connectivity index (χ1) is 23.2. The second-order valence-electron chi connectivity index (χ2n) is 11.7. The van der Waals surface area contributed by atoms with Crippen molar-refractivity contribution in [2.45, 2.75) is 35.0 Å². The Morgan fingerprint density at radius 2 is 1.73 bits per heavy atom. The van der Waals surface area contributed by atoms with Crippen LogP contribution in [0.15, 0.2) is 58.5 Å². The summed E-state index contributed by atoms with van der Waals surface area (Å²) in [5, 5.41) is 8.92. The van der Waals surface area contributed by atoms with Crippen LogP contribution >= 0.6 is 23.2 Å². The Bertz CT molecular complexity index is 2010. The highest BCUT2D eigenvalue weighted by atomic mass is 35.5. The number of aromatic nitrogens is 3. The fourth-order valence-corrected chi connectivity index (χ4v) is 7.76. The van der Waals surface area contributed by atoms with Gasteiger partial charge in [0.15, 0.2) is 10.8 Å². The summed E-state index contributed by atoms with van der Waals surface area (Å²) in [7, 11) is -2.32. The van der Waals surface area contributed by atoms with E-state index in [9.17, 15) is 31.2 Å². The van der Waals surface area contributed by atoms with Gasteiger partial charge in [-0.2, -0.15) is 18.3 Å². The molecule has 12 nitrogen and oxygen atoms in total. The molecule has 0 saturated carbocycles. The zero-order valence-corrected chi connectivity index (χ0v) is 28.3. The van der Waals surface area contributed by atoms with E-state index in [2.05, 4.69) is 25.4 Å². The highest BCUT2D eigenvalue weighted by Gasteiger charge is 2.46. The highest BCUT2D eigenvalue weighted by molar-refractivity contribution is 7.91. The maximum absolute atomic E-state index is 14.1. The number of amides is 2. The third-order valence-corrected chi connectivity index (χ3v) is 10.8. The van der Waals surface area contributed by atoms with Gasteiger partial charge in [0.2, 0.25) is 9.84 Å². The minimum absolute atomic E-state index is 0.0455. The number of pyridine rings is 1. The van der Waals surface area contributed by atoms with E-state index in [-0.39, 0.29) is 69.1 Å². The standard InChI is InChI=1S/C31H30Cl2F3N7O5S/c1-41-10-12-42(13-11-41)20-3-4-21(24(17-20)43(30(45)31(34,35)36)19-8-14-48-15-9-19)29(44)38-28-27-23(39-40-28)6-7-26(37-27)49(46,47)25-16-18(32)2-5-22(25)33/h2-7,16-17,19H,8-15H2,1H3,(H2,38,39,40,44). The van der Waals surface area contributed by atoms with E-state index >= 15 is 0 Å². The van der Waals surface area contributed by atoms with Crippen molar-refractivity contribution in [2.24, 2.45) is 0 Å². The smallest absolute Gasteiger partial charge is 0.381 e. The Balaban J connectivity index is 1.40. The summed E-state index contributed by atoms with van der Waals surface area (Å²) in [5.41, 5.74) is 0.305. The molecule has 2 saturated heterocycles. The number of nitrogens with zero attached hydrogens (tertiary/aromatic N) is 5. The van der Waals surface area contributed by atoms with Gasteiger partial charge in [0.1, 0.15) is 5.52 Å². The van der Waals surface area contributed by atoms with E-state index < -0.39 is 38.9 Å². The van der Waals surface area contributed by atoms with Crippen molar-refractivity contribution in [3.05, 3.63) is 64.1 Å². The maximum atomic E-state index is 14.1. The summed E-state index contributed by atoms with van der Waals surface area (Å²) in [5.74, 6) is -3.19. The molecule has 2 aliphatic heterocycles. The number of sulfone groups is 1. The fraction of sp³-hybridized carbons (Fsp3) is 0.355. The molecular weight excluding hydrogens is 710 g/mol. The summed E-state index contributed by atoms with van der Waals surface area (Å²) in [6, 6.07) is 10.1. The Hall–Kier alpha value is -3.96. The number of piperazine rings is 1. The average Bonchev–Trinajstić information content (AvgIpc) is 3.48. The molecule has 6 rings (SSSR count). The van der Waals surface area contributed by atoms with Crippen molar-refractivity contribution in [3.63, 3.8) is 0 Å². The molecule has 0 bridgehead atoms.